The minimum atomic E-state index is -0.489. The molecule has 1 aromatic carbocycles. The van der Waals surface area contributed by atoms with Crippen LogP contribution in [-0.4, -0.2) is 20.7 Å². The minimum absolute atomic E-state index is 0.222. The van der Waals surface area contributed by atoms with Crippen molar-refractivity contribution in [3.8, 4) is 17.0 Å². The molecule has 0 atom stereocenters. The summed E-state index contributed by atoms with van der Waals surface area (Å²) in [5.41, 5.74) is -0.108. The lowest BCUT2D eigenvalue weighted by atomic mass is 10.1. The zero-order valence-electron chi connectivity index (χ0n) is 15.0. The van der Waals surface area contributed by atoms with Crippen LogP contribution in [0.4, 0.5) is 0 Å². The quantitative estimate of drug-likeness (QED) is 0.729. The molecule has 0 spiro atoms. The van der Waals surface area contributed by atoms with Crippen molar-refractivity contribution in [2.24, 2.45) is 0 Å². The number of hydrogen-bond donors (Lipinski definition) is 1. The van der Waals surface area contributed by atoms with E-state index in [1.807, 2.05) is 6.92 Å². The van der Waals surface area contributed by atoms with E-state index in [1.165, 1.54) is 4.57 Å². The highest BCUT2D eigenvalue weighted by Crippen LogP contribution is 2.23. The number of rotatable bonds is 5. The summed E-state index contributed by atoms with van der Waals surface area (Å²) < 4.78 is 7.99. The number of aryl methyl sites for hydroxylation is 1. The van der Waals surface area contributed by atoms with Crippen molar-refractivity contribution in [2.75, 3.05) is 6.61 Å². The molecule has 0 bridgehead atoms. The van der Waals surface area contributed by atoms with E-state index < -0.39 is 16.9 Å². The van der Waals surface area contributed by atoms with Gasteiger partial charge in [0.25, 0.3) is 5.56 Å². The van der Waals surface area contributed by atoms with Crippen LogP contribution in [0.25, 0.3) is 22.3 Å². The molecule has 26 heavy (non-hydrogen) atoms. The summed E-state index contributed by atoms with van der Waals surface area (Å²) in [5, 5.41) is 0.275. The topological polar surface area (TPSA) is 100 Å². The van der Waals surface area contributed by atoms with Gasteiger partial charge in [0.1, 0.15) is 11.4 Å². The first-order valence-corrected chi connectivity index (χ1v) is 8.57. The first-order chi connectivity index (χ1) is 12.5. The third-order valence-electron chi connectivity index (χ3n) is 4.23. The summed E-state index contributed by atoms with van der Waals surface area (Å²) in [7, 11) is 0. The fourth-order valence-electron chi connectivity index (χ4n) is 3.04. The lowest BCUT2D eigenvalue weighted by Crippen LogP contribution is -2.45. The highest BCUT2D eigenvalue weighted by molar-refractivity contribution is 5.87. The molecule has 0 saturated carbocycles. The van der Waals surface area contributed by atoms with Crippen LogP contribution >= 0.6 is 0 Å². The molecule has 3 aromatic rings. The smallest absolute Gasteiger partial charge is 0.439 e. The molecule has 0 amide bonds. The van der Waals surface area contributed by atoms with Crippen LogP contribution in [0.5, 0.6) is 5.75 Å². The predicted molar refractivity (Wildman–Crippen MR) is 97.6 cm³/mol. The van der Waals surface area contributed by atoms with Crippen molar-refractivity contribution in [1.29, 1.82) is 0 Å². The second-order valence-corrected chi connectivity index (χ2v) is 5.71. The number of nitrogens with one attached hydrogen (secondary N) is 2. The predicted octanol–water partition coefficient (Wildman–Crippen LogP) is 0.771. The van der Waals surface area contributed by atoms with Crippen LogP contribution in [0.3, 0.4) is 0 Å². The Hall–Kier alpha value is -3.16. The number of ether oxygens (including phenoxy) is 1. The summed E-state index contributed by atoms with van der Waals surface area (Å²) in [6.07, 6.45) is 0. The fraction of sp³-hybridized carbons (Fsp3) is 0.333. The summed E-state index contributed by atoms with van der Waals surface area (Å²) in [4.78, 5) is 42.9. The highest BCUT2D eigenvalue weighted by atomic mass is 16.5. The maximum absolute atomic E-state index is 12.9. The Labute approximate surface area is 148 Å². The standard InChI is InChI=1S/C18H20N4O4/c1-4-21-15-13(16(23)22(5-2)18(21)25)14(19-17(24)20-15)11-7-9-12(10-8-11)26-6-3/h7-10H,4-6H2,1-3H3,(H,19,20,24)/p+1. The molecule has 0 radical (unpaired) electrons. The Bertz CT molecular complexity index is 1120. The zero-order chi connectivity index (χ0) is 18.8. The molecule has 2 N–H and O–H groups in total. The lowest BCUT2D eigenvalue weighted by molar-refractivity contribution is -0.374. The molecule has 3 rings (SSSR count). The number of fused-ring (bicyclic) bond motifs is 1. The van der Waals surface area contributed by atoms with Crippen molar-refractivity contribution in [2.45, 2.75) is 33.9 Å². The molecular formula is C18H21N4O4+. The molecule has 0 aliphatic rings. The molecule has 0 aliphatic carbocycles. The molecule has 0 saturated heterocycles. The average molecular weight is 357 g/mol. The van der Waals surface area contributed by atoms with E-state index in [0.29, 0.717) is 30.2 Å². The van der Waals surface area contributed by atoms with Crippen LogP contribution in [0, 0.1) is 0 Å². The van der Waals surface area contributed by atoms with Crippen molar-refractivity contribution < 1.29 is 9.72 Å². The molecule has 2 heterocycles. The number of hydrogen-bond acceptors (Lipinski definition) is 4. The number of aromatic amines is 2. The Morgan fingerprint density at radius 2 is 1.65 bits per heavy atom. The minimum Gasteiger partial charge on any atom is -0.494 e. The van der Waals surface area contributed by atoms with Gasteiger partial charge < -0.3 is 4.74 Å². The molecule has 8 heteroatoms. The Balaban J connectivity index is 2.41. The average Bonchev–Trinajstić information content (AvgIpc) is 2.62. The van der Waals surface area contributed by atoms with E-state index in [4.69, 9.17) is 4.74 Å². The Morgan fingerprint density at radius 3 is 2.23 bits per heavy atom. The third-order valence-corrected chi connectivity index (χ3v) is 4.23. The van der Waals surface area contributed by atoms with Crippen LogP contribution < -0.4 is 26.7 Å². The van der Waals surface area contributed by atoms with Gasteiger partial charge in [-0.25, -0.2) is 28.7 Å². The lowest BCUT2D eigenvalue weighted by Gasteiger charge is -2.09. The largest absolute Gasteiger partial charge is 0.494 e. The van der Waals surface area contributed by atoms with E-state index in [9.17, 15) is 14.4 Å². The first kappa shape index (κ1) is 17.7. The summed E-state index contributed by atoms with van der Waals surface area (Å²) in [6, 6.07) is 7.08. The van der Waals surface area contributed by atoms with E-state index >= 15 is 0 Å². The monoisotopic (exact) mass is 357 g/mol. The van der Waals surface area contributed by atoms with Gasteiger partial charge in [0.15, 0.2) is 5.39 Å². The van der Waals surface area contributed by atoms with E-state index in [-0.39, 0.29) is 17.6 Å². The van der Waals surface area contributed by atoms with Crippen molar-refractivity contribution >= 4 is 11.0 Å². The van der Waals surface area contributed by atoms with Gasteiger partial charge in [-0.05, 0) is 45.0 Å². The Kier molecular flexibility index (Phi) is 4.75. The van der Waals surface area contributed by atoms with Gasteiger partial charge in [-0.3, -0.25) is 4.79 Å². The maximum Gasteiger partial charge on any atom is 0.439 e. The van der Waals surface area contributed by atoms with Gasteiger partial charge >= 0.3 is 11.4 Å². The van der Waals surface area contributed by atoms with Gasteiger partial charge in [-0.1, -0.05) is 0 Å². The van der Waals surface area contributed by atoms with E-state index in [1.54, 1.807) is 38.1 Å². The normalized spacial score (nSPS) is 11.0. The summed E-state index contributed by atoms with van der Waals surface area (Å²) >= 11 is 0. The van der Waals surface area contributed by atoms with Crippen LogP contribution in [0.2, 0.25) is 0 Å². The van der Waals surface area contributed by atoms with Crippen molar-refractivity contribution in [3.63, 3.8) is 0 Å². The van der Waals surface area contributed by atoms with Gasteiger partial charge in [0.2, 0.25) is 5.65 Å². The van der Waals surface area contributed by atoms with Crippen molar-refractivity contribution in [1.82, 2.24) is 14.1 Å². The molecule has 0 fully saturated rings. The van der Waals surface area contributed by atoms with Gasteiger partial charge in [-0.2, -0.15) is 0 Å². The molecule has 0 unspecified atom stereocenters. The molecule has 136 valence electrons. The second-order valence-electron chi connectivity index (χ2n) is 5.71. The van der Waals surface area contributed by atoms with Crippen LogP contribution in [0.15, 0.2) is 38.6 Å². The van der Waals surface area contributed by atoms with Crippen LogP contribution in [0.1, 0.15) is 20.8 Å². The number of H-pyrrole nitrogens is 2. The third kappa shape index (κ3) is 2.83. The summed E-state index contributed by atoms with van der Waals surface area (Å²) in [5.74, 6) is 0.696. The SMILES string of the molecule is CCOc1ccc(-c2[nH]c(=O)[nH+]c3c2c(=O)n(CC)c(=O)n3CC)cc1. The van der Waals surface area contributed by atoms with Gasteiger partial charge in [0.05, 0.1) is 13.2 Å². The van der Waals surface area contributed by atoms with Gasteiger partial charge in [-0.15, -0.1) is 0 Å². The van der Waals surface area contributed by atoms with Crippen LogP contribution in [-0.2, 0) is 13.1 Å². The zero-order valence-corrected chi connectivity index (χ0v) is 15.0. The fourth-order valence-corrected chi connectivity index (χ4v) is 3.04. The molecular weight excluding hydrogens is 336 g/mol. The Morgan fingerprint density at radius 1 is 1.00 bits per heavy atom. The molecule has 0 aliphatic heterocycles. The number of nitrogens with zero attached hydrogens (tertiary/aromatic N) is 2. The maximum atomic E-state index is 12.9. The summed E-state index contributed by atoms with van der Waals surface area (Å²) in [6.45, 7) is 6.54. The number of benzene rings is 1. The van der Waals surface area contributed by atoms with Gasteiger partial charge in [0, 0.05) is 12.1 Å². The van der Waals surface area contributed by atoms with Crippen molar-refractivity contribution in [3.05, 3.63) is 55.6 Å². The molecule has 2 aromatic heterocycles. The second kappa shape index (κ2) is 6.99. The first-order valence-electron chi connectivity index (χ1n) is 8.57. The molecule has 8 nitrogen and oxygen atoms in total. The highest BCUT2D eigenvalue weighted by Gasteiger charge is 2.22. The number of aromatic nitrogens is 4. The van der Waals surface area contributed by atoms with E-state index in [2.05, 4.69) is 9.97 Å². The van der Waals surface area contributed by atoms with E-state index in [0.717, 1.165) is 4.57 Å².